The molecule has 0 heterocycles. The highest BCUT2D eigenvalue weighted by Gasteiger charge is 2.33. The molecule has 2 aromatic carbocycles. The van der Waals surface area contributed by atoms with Crippen molar-refractivity contribution < 1.29 is 23.4 Å². The summed E-state index contributed by atoms with van der Waals surface area (Å²) in [5, 5.41) is 18.3. The van der Waals surface area contributed by atoms with Crippen LogP contribution < -0.4 is 0 Å². The second-order valence-electron chi connectivity index (χ2n) is 9.19. The third-order valence-corrected chi connectivity index (χ3v) is 6.81. The first-order valence-electron chi connectivity index (χ1n) is 12.9. The topological polar surface area (TPSA) is 40.5 Å². The highest BCUT2D eigenvalue weighted by Crippen LogP contribution is 2.35. The van der Waals surface area contributed by atoms with Crippen molar-refractivity contribution in [2.45, 2.75) is 90.1 Å². The summed E-state index contributed by atoms with van der Waals surface area (Å²) in [5.74, 6) is 0.424. The number of alkyl halides is 3. The molecule has 1 fully saturated rings. The fourth-order valence-corrected chi connectivity index (χ4v) is 4.77. The maximum atomic E-state index is 13.7. The van der Waals surface area contributed by atoms with Crippen LogP contribution in [0.1, 0.15) is 92.5 Å². The van der Waals surface area contributed by atoms with E-state index in [1.807, 2.05) is 13.8 Å². The van der Waals surface area contributed by atoms with Crippen LogP contribution in [0.15, 0.2) is 42.5 Å². The minimum Gasteiger partial charge on any atom is -0.396 e. The van der Waals surface area contributed by atoms with E-state index in [4.69, 9.17) is 10.2 Å². The molecule has 1 saturated carbocycles. The van der Waals surface area contributed by atoms with Gasteiger partial charge in [-0.25, -0.2) is 0 Å². The normalized spacial score (nSPS) is 14.7. The van der Waals surface area contributed by atoms with Crippen LogP contribution >= 0.6 is 0 Å². The zero-order chi connectivity index (χ0) is 25.0. The van der Waals surface area contributed by atoms with Gasteiger partial charge in [-0.3, -0.25) is 0 Å². The van der Waals surface area contributed by atoms with Gasteiger partial charge in [0, 0.05) is 19.1 Å². The van der Waals surface area contributed by atoms with Crippen LogP contribution in [0.2, 0.25) is 0 Å². The number of aliphatic hydroxyl groups is 2. The monoisotopic (exact) mass is 478 g/mol. The Morgan fingerprint density at radius 3 is 2.03 bits per heavy atom. The van der Waals surface area contributed by atoms with Gasteiger partial charge in [-0.1, -0.05) is 69.5 Å². The smallest absolute Gasteiger partial charge is 0.396 e. The van der Waals surface area contributed by atoms with Crippen molar-refractivity contribution in [2.75, 3.05) is 13.2 Å². The van der Waals surface area contributed by atoms with Gasteiger partial charge in [0.05, 0.1) is 5.56 Å². The van der Waals surface area contributed by atoms with Crippen molar-refractivity contribution in [1.82, 2.24) is 0 Å². The van der Waals surface area contributed by atoms with Crippen LogP contribution in [0.3, 0.4) is 0 Å². The molecule has 1 aliphatic rings. The first kappa shape index (κ1) is 28.4. The van der Waals surface area contributed by atoms with Crippen LogP contribution in [0.4, 0.5) is 13.2 Å². The lowest BCUT2D eigenvalue weighted by Gasteiger charge is -2.22. The quantitative estimate of drug-likeness (QED) is 0.371. The molecule has 2 aromatic rings. The van der Waals surface area contributed by atoms with E-state index in [1.54, 1.807) is 12.1 Å². The van der Waals surface area contributed by atoms with Gasteiger partial charge in [0.1, 0.15) is 0 Å². The SMILES string of the molecule is CC.OCC(CO)CCCc1ccc(CCc2ccc(C3CCCCC3)cc2)c(C(F)(F)F)c1. The van der Waals surface area contributed by atoms with E-state index in [1.165, 1.54) is 43.7 Å². The zero-order valence-electron chi connectivity index (χ0n) is 20.7. The Labute approximate surface area is 203 Å². The molecule has 0 saturated heterocycles. The summed E-state index contributed by atoms with van der Waals surface area (Å²) < 4.78 is 41.1. The van der Waals surface area contributed by atoms with Crippen molar-refractivity contribution in [1.29, 1.82) is 0 Å². The number of hydrogen-bond acceptors (Lipinski definition) is 2. The zero-order valence-corrected chi connectivity index (χ0v) is 20.7. The van der Waals surface area contributed by atoms with Crippen molar-refractivity contribution in [3.63, 3.8) is 0 Å². The molecule has 0 bridgehead atoms. The van der Waals surface area contributed by atoms with Gasteiger partial charge < -0.3 is 10.2 Å². The highest BCUT2D eigenvalue weighted by molar-refractivity contribution is 5.35. The minimum absolute atomic E-state index is 0.106. The molecule has 0 amide bonds. The van der Waals surface area contributed by atoms with E-state index in [-0.39, 0.29) is 19.1 Å². The molecule has 5 heteroatoms. The molecular weight excluding hydrogens is 437 g/mol. The average molecular weight is 479 g/mol. The number of benzene rings is 2. The van der Waals surface area contributed by atoms with E-state index in [2.05, 4.69) is 24.3 Å². The Kier molecular flexibility index (Phi) is 12.1. The number of rotatable bonds is 10. The van der Waals surface area contributed by atoms with E-state index >= 15 is 0 Å². The lowest BCUT2D eigenvalue weighted by Crippen LogP contribution is -2.12. The summed E-state index contributed by atoms with van der Waals surface area (Å²) in [4.78, 5) is 0. The molecule has 1 aliphatic carbocycles. The number of aliphatic hydroxyl groups excluding tert-OH is 2. The van der Waals surface area contributed by atoms with Crippen molar-refractivity contribution in [2.24, 2.45) is 5.92 Å². The van der Waals surface area contributed by atoms with Crippen molar-refractivity contribution in [3.8, 4) is 0 Å². The molecule has 190 valence electrons. The molecule has 0 aromatic heterocycles. The van der Waals surface area contributed by atoms with Crippen LogP contribution in [0.25, 0.3) is 0 Å². The summed E-state index contributed by atoms with van der Waals surface area (Å²) in [5.41, 5.74) is 2.86. The Balaban J connectivity index is 0.00000199. The van der Waals surface area contributed by atoms with Gasteiger partial charge in [0.25, 0.3) is 0 Å². The van der Waals surface area contributed by atoms with Crippen LogP contribution in [0.5, 0.6) is 0 Å². The first-order valence-corrected chi connectivity index (χ1v) is 12.9. The van der Waals surface area contributed by atoms with Crippen molar-refractivity contribution >= 4 is 0 Å². The Hall–Kier alpha value is -1.85. The van der Waals surface area contributed by atoms with E-state index < -0.39 is 11.7 Å². The molecule has 3 rings (SSSR count). The molecule has 0 radical (unpaired) electrons. The second-order valence-corrected chi connectivity index (χ2v) is 9.19. The van der Waals surface area contributed by atoms with Gasteiger partial charge >= 0.3 is 6.18 Å². The first-order chi connectivity index (χ1) is 16.4. The van der Waals surface area contributed by atoms with E-state index in [9.17, 15) is 13.2 Å². The van der Waals surface area contributed by atoms with Gasteiger partial charge in [-0.05, 0) is 79.2 Å². The predicted octanol–water partition coefficient (Wildman–Crippen LogP) is 7.49. The van der Waals surface area contributed by atoms with Gasteiger partial charge in [0.2, 0.25) is 0 Å². The summed E-state index contributed by atoms with van der Waals surface area (Å²) in [7, 11) is 0. The molecule has 0 atom stereocenters. The third-order valence-electron chi connectivity index (χ3n) is 6.81. The lowest BCUT2D eigenvalue weighted by atomic mass is 9.84. The van der Waals surface area contributed by atoms with Crippen molar-refractivity contribution in [3.05, 3.63) is 70.3 Å². The Bertz CT molecular complexity index is 820. The Morgan fingerprint density at radius 1 is 0.824 bits per heavy atom. The predicted molar refractivity (Wildman–Crippen MR) is 133 cm³/mol. The van der Waals surface area contributed by atoms with E-state index in [0.29, 0.717) is 49.1 Å². The largest absolute Gasteiger partial charge is 0.416 e. The fraction of sp³-hybridized carbons (Fsp3) is 0.586. The van der Waals surface area contributed by atoms with E-state index in [0.717, 1.165) is 5.56 Å². The number of aryl methyl sites for hydroxylation is 3. The maximum absolute atomic E-state index is 13.7. The van der Waals surface area contributed by atoms with Crippen LogP contribution in [-0.2, 0) is 25.4 Å². The molecule has 2 nitrogen and oxygen atoms in total. The summed E-state index contributed by atoms with van der Waals surface area (Å²) in [6, 6.07) is 13.1. The highest BCUT2D eigenvalue weighted by atomic mass is 19.4. The molecule has 0 unspecified atom stereocenters. The third kappa shape index (κ3) is 8.74. The lowest BCUT2D eigenvalue weighted by molar-refractivity contribution is -0.138. The van der Waals surface area contributed by atoms with Gasteiger partial charge in [-0.15, -0.1) is 0 Å². The van der Waals surface area contributed by atoms with Crippen LogP contribution in [-0.4, -0.2) is 23.4 Å². The maximum Gasteiger partial charge on any atom is 0.416 e. The van der Waals surface area contributed by atoms with Gasteiger partial charge in [0.15, 0.2) is 0 Å². The molecule has 0 aliphatic heterocycles. The molecule has 34 heavy (non-hydrogen) atoms. The standard InChI is InChI=1S/C27H35F3O2.C2H6/c28-27(29,30)26-17-21(5-4-6-22(18-31)19-32)12-16-25(26)15-11-20-9-13-24(14-10-20)23-7-2-1-3-8-23;1-2/h9-10,12-14,16-17,22-23,31-32H,1-8,11,15,18-19H2;1-2H3. The van der Waals surface area contributed by atoms with Crippen LogP contribution in [0, 0.1) is 5.92 Å². The molecular formula is C29H41F3O2. The van der Waals surface area contributed by atoms with Gasteiger partial charge in [-0.2, -0.15) is 13.2 Å². The fourth-order valence-electron chi connectivity index (χ4n) is 4.77. The summed E-state index contributed by atoms with van der Waals surface area (Å²) in [6.07, 6.45) is 4.65. The minimum atomic E-state index is -4.38. The molecule has 0 spiro atoms. The number of hydrogen-bond donors (Lipinski definition) is 2. The number of halogens is 3. The Morgan fingerprint density at radius 2 is 1.44 bits per heavy atom. The molecule has 2 N–H and O–H groups in total. The second kappa shape index (κ2) is 14.5. The summed E-state index contributed by atoms with van der Waals surface area (Å²) >= 11 is 0. The summed E-state index contributed by atoms with van der Waals surface area (Å²) in [6.45, 7) is 3.79. The average Bonchev–Trinajstić information content (AvgIpc) is 2.87.